The number of pyridine rings is 2. The molecule has 0 aliphatic heterocycles. The first kappa shape index (κ1) is 76.3. The molecule has 6 heteroatoms. The number of aromatic nitrogens is 2. The number of halogens is 3. The monoisotopic (exact) mass is 1140 g/mol. The Balaban J connectivity index is 0.000000520. The fourth-order valence-electron chi connectivity index (χ4n) is 12.5. The molecule has 0 atom stereocenters. The molecule has 2 aromatic heterocycles. The Bertz CT molecular complexity index is 2720. The maximum absolute atomic E-state index is 13.2. The molecule has 3 aromatic carbocycles. The molecule has 0 saturated carbocycles. The van der Waals surface area contributed by atoms with E-state index in [1.807, 2.05) is 53.8 Å². The summed E-state index contributed by atoms with van der Waals surface area (Å²) in [4.78, 5) is 9.11. The molecule has 0 radical (unpaired) electrons. The lowest BCUT2D eigenvalue weighted by Crippen LogP contribution is -2.15. The molecule has 0 aliphatic rings. The van der Waals surface area contributed by atoms with E-state index >= 15 is 0 Å². The van der Waals surface area contributed by atoms with Gasteiger partial charge in [-0.3, -0.25) is 9.97 Å². The molecule has 3 nitrogen and oxygen atoms in total. The van der Waals surface area contributed by atoms with E-state index in [0.717, 1.165) is 16.7 Å². The molecule has 0 bridgehead atoms. The summed E-state index contributed by atoms with van der Waals surface area (Å²) in [5, 5.41) is 9.25. The zero-order chi connectivity index (χ0) is 64.6. The maximum atomic E-state index is 13.2. The van der Waals surface area contributed by atoms with Crippen LogP contribution in [0, 0.1) is 25.2 Å². The van der Waals surface area contributed by atoms with Gasteiger partial charge >= 0.3 is 6.18 Å². The second kappa shape index (κ2) is 33.8. The van der Waals surface area contributed by atoms with Crippen molar-refractivity contribution in [2.45, 2.75) is 317 Å². The summed E-state index contributed by atoms with van der Waals surface area (Å²) < 4.78 is 39.6. The zero-order valence-electron chi connectivity index (χ0n) is 58.8. The van der Waals surface area contributed by atoms with Crippen LogP contribution in [0.15, 0.2) is 54.9 Å². The number of aryl methyl sites for hydroxylation is 2. The van der Waals surface area contributed by atoms with E-state index in [-0.39, 0.29) is 17.8 Å². The number of nitrogens with zero attached hydrogens (tertiary/aromatic N) is 3. The van der Waals surface area contributed by atoms with Gasteiger partial charge in [-0.2, -0.15) is 18.4 Å². The second-order valence-corrected chi connectivity index (χ2v) is 28.1. The predicted molar refractivity (Wildman–Crippen MR) is 358 cm³/mol. The summed E-state index contributed by atoms with van der Waals surface area (Å²) in [7, 11) is 0. The van der Waals surface area contributed by atoms with Gasteiger partial charge in [-0.15, -0.1) is 0 Å². The molecule has 464 valence electrons. The summed E-state index contributed by atoms with van der Waals surface area (Å²) >= 11 is 0. The Kier molecular flexibility index (Phi) is 31.1. The highest BCUT2D eigenvalue weighted by Crippen LogP contribution is 2.43. The van der Waals surface area contributed by atoms with Gasteiger partial charge in [-0.1, -0.05) is 232 Å². The van der Waals surface area contributed by atoms with Crippen molar-refractivity contribution in [1.82, 2.24) is 9.97 Å². The van der Waals surface area contributed by atoms with E-state index in [4.69, 9.17) is 0 Å². The lowest BCUT2D eigenvalue weighted by atomic mass is 9.80. The number of benzene rings is 3. The van der Waals surface area contributed by atoms with Gasteiger partial charge in [0.25, 0.3) is 0 Å². The number of hydrogen-bond donors (Lipinski definition) is 0. The van der Waals surface area contributed by atoms with Gasteiger partial charge in [-0.25, -0.2) is 0 Å². The van der Waals surface area contributed by atoms with Crippen molar-refractivity contribution in [3.63, 3.8) is 0 Å². The average molecular weight is 1140 g/mol. The molecule has 5 aromatic rings. The first-order valence-corrected chi connectivity index (χ1v) is 32.0. The minimum Gasteiger partial charge on any atom is -0.261 e. The highest BCUT2D eigenvalue weighted by atomic mass is 19.4. The van der Waals surface area contributed by atoms with Crippen molar-refractivity contribution in [1.29, 1.82) is 5.26 Å². The van der Waals surface area contributed by atoms with Crippen molar-refractivity contribution < 1.29 is 13.2 Å². The summed E-state index contributed by atoms with van der Waals surface area (Å²) in [6, 6.07) is 16.1. The van der Waals surface area contributed by atoms with Crippen LogP contribution in [0.3, 0.4) is 0 Å². The Labute approximate surface area is 509 Å². The van der Waals surface area contributed by atoms with Crippen molar-refractivity contribution in [3.8, 4) is 6.07 Å². The Morgan fingerprint density at radius 2 is 0.651 bits per heavy atom. The van der Waals surface area contributed by atoms with E-state index < -0.39 is 11.7 Å². The average Bonchev–Trinajstić information content (AvgIpc) is 3.58. The molecule has 0 amide bonds. The van der Waals surface area contributed by atoms with Crippen LogP contribution in [0.2, 0.25) is 0 Å². The second-order valence-electron chi connectivity index (χ2n) is 28.1. The number of rotatable bonds is 15. The summed E-state index contributed by atoms with van der Waals surface area (Å²) in [5.74, 6) is 6.81. The Morgan fingerprint density at radius 1 is 0.325 bits per heavy atom. The van der Waals surface area contributed by atoms with Crippen molar-refractivity contribution in [2.75, 3.05) is 0 Å². The summed E-state index contributed by atoms with van der Waals surface area (Å²) in [6.07, 6.45) is -0.253. The molecule has 2 heterocycles. The molecule has 83 heavy (non-hydrogen) atoms. The fourth-order valence-corrected chi connectivity index (χ4v) is 12.5. The third-order valence-corrected chi connectivity index (χ3v) is 15.9. The van der Waals surface area contributed by atoms with Gasteiger partial charge in [0.15, 0.2) is 0 Å². The predicted octanol–water partition coefficient (Wildman–Crippen LogP) is 25.6. The van der Waals surface area contributed by atoms with Crippen LogP contribution >= 0.6 is 0 Å². The topological polar surface area (TPSA) is 49.6 Å². The number of alkyl halides is 3. The van der Waals surface area contributed by atoms with Crippen LogP contribution in [0.4, 0.5) is 13.2 Å². The van der Waals surface area contributed by atoms with Crippen molar-refractivity contribution in [3.05, 3.63) is 161 Å². The highest BCUT2D eigenvalue weighted by Gasteiger charge is 2.36. The van der Waals surface area contributed by atoms with Gasteiger partial charge in [0.2, 0.25) is 0 Å². The Morgan fingerprint density at radius 3 is 0.988 bits per heavy atom. The number of nitriles is 1. The normalized spacial score (nSPS) is 12.0. The standard InChI is InChI=1S/C16H23F3.C16H23N.C16H26.C15H25N.C14H23N/c1-9(2)12-7-8-13(16(17,18)19)15(11(5)6)14(12)10(3)4;1-10(2)14-8-7-13(9-17)15(11(3)4)16(14)12(5)6;1-10(2)14-9-8-13(7)15(11(3)4)16(14)12(5)6;1-9(2)13-8-16-12(7)14(10(3)4)15(13)11(5)6;1-9(2)12-7-8-15-14(11(5)6)13(12)10(3)4/h7-11H,1-6H3;7-8,10-12H,1-6H3;8-12H,1-7H3;8-11H,1-7H3;7-11H,1-6H3. The Hall–Kier alpha value is -4.76. The summed E-state index contributed by atoms with van der Waals surface area (Å²) in [6.45, 7) is 70.1. The molecule has 0 saturated heterocycles. The van der Waals surface area contributed by atoms with Crippen LogP contribution in [-0.4, -0.2) is 9.97 Å². The first-order chi connectivity index (χ1) is 38.1. The summed E-state index contributed by atoms with van der Waals surface area (Å²) in [5.41, 5.74) is 22.7. The highest BCUT2D eigenvalue weighted by molar-refractivity contribution is 5.52. The van der Waals surface area contributed by atoms with Crippen LogP contribution in [-0.2, 0) is 6.18 Å². The largest absolute Gasteiger partial charge is 0.416 e. The van der Waals surface area contributed by atoms with Crippen LogP contribution in [0.1, 0.15) is 402 Å². The van der Waals surface area contributed by atoms with Gasteiger partial charge in [0, 0.05) is 23.8 Å². The molecule has 5 rings (SSSR count). The van der Waals surface area contributed by atoms with Gasteiger partial charge < -0.3 is 0 Å². The molecule has 0 aliphatic carbocycles. The molecular weight excluding hydrogens is 1020 g/mol. The third kappa shape index (κ3) is 20.7. The molecular formula is C77H120F3N3. The molecule has 0 N–H and O–H groups in total. The van der Waals surface area contributed by atoms with Gasteiger partial charge in [-0.05, 0) is 204 Å². The van der Waals surface area contributed by atoms with Crippen LogP contribution < -0.4 is 0 Å². The smallest absolute Gasteiger partial charge is 0.261 e. The first-order valence-electron chi connectivity index (χ1n) is 32.0. The van der Waals surface area contributed by atoms with Crippen molar-refractivity contribution in [2.24, 2.45) is 0 Å². The van der Waals surface area contributed by atoms with E-state index in [1.165, 1.54) is 73.1 Å². The van der Waals surface area contributed by atoms with E-state index in [9.17, 15) is 18.4 Å². The molecule has 0 spiro atoms. The van der Waals surface area contributed by atoms with Gasteiger partial charge in [0.05, 0.1) is 17.2 Å². The lowest BCUT2D eigenvalue weighted by Gasteiger charge is -2.26. The van der Waals surface area contributed by atoms with Crippen LogP contribution in [0.5, 0.6) is 0 Å². The van der Waals surface area contributed by atoms with Crippen molar-refractivity contribution >= 4 is 0 Å². The van der Waals surface area contributed by atoms with E-state index in [2.05, 4.69) is 227 Å². The van der Waals surface area contributed by atoms with E-state index in [1.54, 1.807) is 17.2 Å². The third-order valence-electron chi connectivity index (χ3n) is 15.9. The fraction of sp³-hybridized carbons (Fsp3) is 0.623. The quantitative estimate of drug-likeness (QED) is 0.105. The minimum absolute atomic E-state index is 0.0945. The SMILES string of the molecule is CC(C)c1ccc(C#N)c(C(C)C)c1C(C)C.CC(C)c1ccc(C(F)(F)F)c(C(C)C)c1C(C)C.CC(C)c1ccnc(C(C)C)c1C(C)C.Cc1ccc(C(C)C)c(C(C)C)c1C(C)C.Cc1ncc(C(C)C)c(C(C)C)c1C(C)C. The molecule has 0 fully saturated rings. The van der Waals surface area contributed by atoms with Crippen LogP contribution in [0.25, 0.3) is 0 Å². The van der Waals surface area contributed by atoms with Gasteiger partial charge in [0.1, 0.15) is 0 Å². The lowest BCUT2D eigenvalue weighted by molar-refractivity contribution is -0.138. The zero-order valence-corrected chi connectivity index (χ0v) is 58.8. The number of hydrogen-bond acceptors (Lipinski definition) is 3. The molecule has 0 unspecified atom stereocenters. The minimum atomic E-state index is -4.28. The maximum Gasteiger partial charge on any atom is 0.416 e. The van der Waals surface area contributed by atoms with E-state index in [0.29, 0.717) is 76.6 Å².